The summed E-state index contributed by atoms with van der Waals surface area (Å²) < 4.78 is 15.7. The van der Waals surface area contributed by atoms with E-state index in [2.05, 4.69) is 10.7 Å². The summed E-state index contributed by atoms with van der Waals surface area (Å²) in [6.07, 6.45) is -0.232. The first-order valence-corrected chi connectivity index (χ1v) is 5.15. The van der Waals surface area contributed by atoms with Gasteiger partial charge in [0.15, 0.2) is 11.5 Å². The van der Waals surface area contributed by atoms with Gasteiger partial charge in [-0.05, 0) is 13.1 Å². The Bertz CT molecular complexity index is 367. The molecule has 0 saturated carbocycles. The molecular formula is C11H19N3O3. The highest BCUT2D eigenvalue weighted by atomic mass is 16.5. The van der Waals surface area contributed by atoms with Crippen molar-refractivity contribution in [2.24, 2.45) is 5.84 Å². The zero-order valence-corrected chi connectivity index (χ0v) is 10.5. The molecule has 0 radical (unpaired) electrons. The summed E-state index contributed by atoms with van der Waals surface area (Å²) >= 11 is 0. The van der Waals surface area contributed by atoms with Crippen molar-refractivity contribution in [2.75, 3.05) is 28.4 Å². The summed E-state index contributed by atoms with van der Waals surface area (Å²) in [6, 6.07) is 3.58. The first-order valence-electron chi connectivity index (χ1n) is 5.15. The van der Waals surface area contributed by atoms with Crippen molar-refractivity contribution in [1.82, 2.24) is 10.7 Å². The minimum atomic E-state index is -0.232. The van der Waals surface area contributed by atoms with Crippen molar-refractivity contribution >= 4 is 0 Å². The third kappa shape index (κ3) is 2.79. The number of nitrogens with two attached hydrogens (primary N) is 1. The second kappa shape index (κ2) is 6.29. The highest BCUT2D eigenvalue weighted by Crippen LogP contribution is 2.36. The van der Waals surface area contributed by atoms with Gasteiger partial charge in [-0.2, -0.15) is 0 Å². The molecule has 96 valence electrons. The number of methoxy groups -OCH3 is 3. The summed E-state index contributed by atoms with van der Waals surface area (Å²) in [5.74, 6) is 7.36. The Kier molecular flexibility index (Phi) is 5.02. The van der Waals surface area contributed by atoms with Crippen molar-refractivity contribution in [3.8, 4) is 17.2 Å². The molecule has 1 rings (SSSR count). The molecule has 0 aliphatic carbocycles. The SMILES string of the molecule is CNC(NN)c1cc(OC)c(OC)cc1OC. The van der Waals surface area contributed by atoms with Gasteiger partial charge in [-0.25, -0.2) is 5.43 Å². The maximum Gasteiger partial charge on any atom is 0.164 e. The molecule has 6 heteroatoms. The van der Waals surface area contributed by atoms with Crippen molar-refractivity contribution in [1.29, 1.82) is 0 Å². The zero-order valence-electron chi connectivity index (χ0n) is 10.5. The Morgan fingerprint density at radius 2 is 1.53 bits per heavy atom. The van der Waals surface area contributed by atoms with Gasteiger partial charge < -0.3 is 19.5 Å². The van der Waals surface area contributed by atoms with Gasteiger partial charge in [-0.1, -0.05) is 0 Å². The molecule has 0 spiro atoms. The van der Waals surface area contributed by atoms with Gasteiger partial charge in [0.05, 0.1) is 27.5 Å². The lowest BCUT2D eigenvalue weighted by Crippen LogP contribution is -2.36. The number of rotatable bonds is 6. The summed E-state index contributed by atoms with van der Waals surface area (Å²) in [4.78, 5) is 0. The molecule has 1 unspecified atom stereocenters. The lowest BCUT2D eigenvalue weighted by atomic mass is 10.1. The summed E-state index contributed by atoms with van der Waals surface area (Å²) in [5, 5.41) is 3.02. The van der Waals surface area contributed by atoms with Crippen LogP contribution >= 0.6 is 0 Å². The van der Waals surface area contributed by atoms with Gasteiger partial charge in [0.25, 0.3) is 0 Å². The van der Waals surface area contributed by atoms with Crippen LogP contribution in [-0.2, 0) is 0 Å². The Morgan fingerprint density at radius 3 is 1.94 bits per heavy atom. The monoisotopic (exact) mass is 241 g/mol. The van der Waals surface area contributed by atoms with Crippen LogP contribution in [0, 0.1) is 0 Å². The summed E-state index contributed by atoms with van der Waals surface area (Å²) in [6.45, 7) is 0. The number of hydrogen-bond donors (Lipinski definition) is 3. The normalized spacial score (nSPS) is 12.1. The highest BCUT2D eigenvalue weighted by Gasteiger charge is 2.17. The van der Waals surface area contributed by atoms with E-state index in [1.54, 1.807) is 34.4 Å². The third-order valence-corrected chi connectivity index (χ3v) is 2.50. The maximum absolute atomic E-state index is 5.46. The van der Waals surface area contributed by atoms with E-state index in [9.17, 15) is 0 Å². The first kappa shape index (κ1) is 13.6. The fraction of sp³-hybridized carbons (Fsp3) is 0.455. The van der Waals surface area contributed by atoms with E-state index >= 15 is 0 Å². The number of ether oxygens (including phenoxy) is 3. The zero-order chi connectivity index (χ0) is 12.8. The van der Waals surface area contributed by atoms with Gasteiger partial charge in [-0.3, -0.25) is 5.84 Å². The van der Waals surface area contributed by atoms with Crippen molar-refractivity contribution in [3.05, 3.63) is 17.7 Å². The molecule has 0 aromatic heterocycles. The number of benzene rings is 1. The van der Waals surface area contributed by atoms with Gasteiger partial charge in [0, 0.05) is 11.6 Å². The third-order valence-electron chi connectivity index (χ3n) is 2.50. The maximum atomic E-state index is 5.46. The van der Waals surface area contributed by atoms with E-state index in [0.717, 1.165) is 5.56 Å². The van der Waals surface area contributed by atoms with E-state index in [0.29, 0.717) is 17.2 Å². The van der Waals surface area contributed by atoms with Crippen molar-refractivity contribution in [3.63, 3.8) is 0 Å². The molecule has 4 N–H and O–H groups in total. The highest BCUT2D eigenvalue weighted by molar-refractivity contribution is 5.51. The average molecular weight is 241 g/mol. The van der Waals surface area contributed by atoms with Crippen LogP contribution in [0.25, 0.3) is 0 Å². The second-order valence-electron chi connectivity index (χ2n) is 3.34. The molecule has 0 amide bonds. The van der Waals surface area contributed by atoms with Crippen LogP contribution in [0.1, 0.15) is 11.7 Å². The number of hydrazine groups is 1. The molecule has 0 saturated heterocycles. The Morgan fingerprint density at radius 1 is 1.00 bits per heavy atom. The fourth-order valence-corrected chi connectivity index (χ4v) is 1.61. The van der Waals surface area contributed by atoms with E-state index in [-0.39, 0.29) is 6.17 Å². The van der Waals surface area contributed by atoms with E-state index in [1.165, 1.54) is 0 Å². The molecule has 1 aromatic rings. The standard InChI is InChI=1S/C11H19N3O3/c1-13-11(14-12)7-5-9(16-3)10(17-4)6-8(7)15-2/h5-6,11,13-14H,12H2,1-4H3. The molecular weight excluding hydrogens is 222 g/mol. The quantitative estimate of drug-likeness (QED) is 0.380. The van der Waals surface area contributed by atoms with Gasteiger partial charge in [0.2, 0.25) is 0 Å². The molecule has 17 heavy (non-hydrogen) atoms. The van der Waals surface area contributed by atoms with Crippen LogP contribution in [0.3, 0.4) is 0 Å². The molecule has 6 nitrogen and oxygen atoms in total. The Balaban J connectivity index is 3.27. The summed E-state index contributed by atoms with van der Waals surface area (Å²) in [5.41, 5.74) is 3.49. The molecule has 0 aliphatic rings. The molecule has 0 fully saturated rings. The van der Waals surface area contributed by atoms with Gasteiger partial charge >= 0.3 is 0 Å². The Labute approximate surface area is 101 Å². The van der Waals surface area contributed by atoms with E-state index in [4.69, 9.17) is 20.1 Å². The molecule has 0 heterocycles. The Hall–Kier alpha value is -1.50. The van der Waals surface area contributed by atoms with Crippen LogP contribution in [-0.4, -0.2) is 28.4 Å². The average Bonchev–Trinajstić information content (AvgIpc) is 2.39. The lowest BCUT2D eigenvalue weighted by Gasteiger charge is -2.20. The van der Waals surface area contributed by atoms with Crippen molar-refractivity contribution < 1.29 is 14.2 Å². The number of nitrogens with one attached hydrogen (secondary N) is 2. The van der Waals surface area contributed by atoms with Crippen LogP contribution in [0.4, 0.5) is 0 Å². The molecule has 1 aromatic carbocycles. The minimum Gasteiger partial charge on any atom is -0.496 e. The molecule has 0 bridgehead atoms. The van der Waals surface area contributed by atoms with Gasteiger partial charge in [0.1, 0.15) is 5.75 Å². The molecule has 0 aliphatic heterocycles. The molecule has 1 atom stereocenters. The van der Waals surface area contributed by atoms with Crippen LogP contribution < -0.4 is 30.8 Å². The van der Waals surface area contributed by atoms with Crippen LogP contribution in [0.5, 0.6) is 17.2 Å². The smallest absolute Gasteiger partial charge is 0.164 e. The van der Waals surface area contributed by atoms with Crippen LogP contribution in [0.2, 0.25) is 0 Å². The van der Waals surface area contributed by atoms with Crippen molar-refractivity contribution in [2.45, 2.75) is 6.17 Å². The largest absolute Gasteiger partial charge is 0.496 e. The lowest BCUT2D eigenvalue weighted by molar-refractivity contribution is 0.343. The minimum absolute atomic E-state index is 0.232. The first-order chi connectivity index (χ1) is 8.21. The van der Waals surface area contributed by atoms with E-state index < -0.39 is 0 Å². The van der Waals surface area contributed by atoms with Gasteiger partial charge in [-0.15, -0.1) is 0 Å². The van der Waals surface area contributed by atoms with E-state index in [1.807, 2.05) is 6.07 Å². The topological polar surface area (TPSA) is 77.8 Å². The summed E-state index contributed by atoms with van der Waals surface area (Å²) in [7, 11) is 6.54. The number of hydrogen-bond acceptors (Lipinski definition) is 6. The van der Waals surface area contributed by atoms with Crippen LogP contribution in [0.15, 0.2) is 12.1 Å². The predicted octanol–water partition coefficient (Wildman–Crippen LogP) is 0.394. The predicted molar refractivity (Wildman–Crippen MR) is 65.2 cm³/mol. The fourth-order valence-electron chi connectivity index (χ4n) is 1.61. The second-order valence-corrected chi connectivity index (χ2v) is 3.34.